The monoisotopic (exact) mass is 555 g/mol. The summed E-state index contributed by atoms with van der Waals surface area (Å²) in [5, 5.41) is 16.5. The minimum absolute atomic E-state index is 0.0215. The second-order valence-corrected chi connectivity index (χ2v) is 8.14. The number of ether oxygens (including phenoxy) is 2. The highest BCUT2D eigenvalue weighted by atomic mass is 127. The number of hydrogen-bond acceptors (Lipinski definition) is 6. The van der Waals surface area contributed by atoms with Gasteiger partial charge in [0.2, 0.25) is 6.79 Å². The van der Waals surface area contributed by atoms with E-state index in [1.807, 2.05) is 0 Å². The molecule has 8 nitrogen and oxygen atoms in total. The highest BCUT2D eigenvalue weighted by Crippen LogP contribution is 2.33. The Bertz CT molecular complexity index is 1260. The number of carbonyl (C=O) groups is 2. The van der Waals surface area contributed by atoms with Gasteiger partial charge in [-0.25, -0.2) is 5.43 Å². The first-order valence-electron chi connectivity index (χ1n) is 9.79. The minimum atomic E-state index is -0.640. The van der Waals surface area contributed by atoms with E-state index in [4.69, 9.17) is 9.47 Å². The second-order valence-electron chi connectivity index (χ2n) is 6.89. The number of fused-ring (bicyclic) bond motifs is 1. The molecule has 1 heterocycles. The number of benzene rings is 3. The number of amides is 2. The lowest BCUT2D eigenvalue weighted by Crippen LogP contribution is -2.32. The normalized spacial score (nSPS) is 12.6. The maximum Gasteiger partial charge on any atom is 0.287 e. The zero-order chi connectivity index (χ0) is 23.2. The fraction of sp³-hybridized carbons (Fsp3) is 0.0417. The minimum Gasteiger partial charge on any atom is -0.507 e. The van der Waals surface area contributed by atoms with Crippen LogP contribution in [0, 0.1) is 3.57 Å². The van der Waals surface area contributed by atoms with Gasteiger partial charge in [0.05, 0.1) is 6.21 Å². The topological polar surface area (TPSA) is 109 Å². The number of rotatable bonds is 6. The number of aromatic hydroxyl groups is 1. The average molecular weight is 555 g/mol. The molecule has 0 unspecified atom stereocenters. The van der Waals surface area contributed by atoms with Gasteiger partial charge < -0.3 is 19.9 Å². The number of carbonyl (C=O) groups excluding carboxylic acids is 2. The van der Waals surface area contributed by atoms with Gasteiger partial charge in [0, 0.05) is 14.7 Å². The van der Waals surface area contributed by atoms with E-state index in [-0.39, 0.29) is 18.2 Å². The molecule has 2 amide bonds. The van der Waals surface area contributed by atoms with Crippen LogP contribution in [0.4, 0.5) is 0 Å². The maximum absolute atomic E-state index is 12.9. The number of halogens is 1. The van der Waals surface area contributed by atoms with Crippen molar-refractivity contribution in [3.63, 3.8) is 0 Å². The largest absolute Gasteiger partial charge is 0.507 e. The van der Waals surface area contributed by atoms with E-state index in [2.05, 4.69) is 38.4 Å². The zero-order valence-corrected chi connectivity index (χ0v) is 19.3. The standard InChI is InChI=1S/C24H18IN3O5/c25-18-7-8-20(29)17(12-18)13-26-28-24(31)19(27-23(30)16-4-2-1-3-5-16)10-15-6-9-21-22(11-15)33-14-32-21/h1-13,29H,14H2,(H,27,30)(H,28,31)/b19-10?,26-13+. The van der Waals surface area contributed by atoms with Gasteiger partial charge in [-0.3, -0.25) is 9.59 Å². The number of phenols is 1. The van der Waals surface area contributed by atoms with E-state index in [1.54, 1.807) is 60.7 Å². The van der Waals surface area contributed by atoms with Crippen molar-refractivity contribution in [2.75, 3.05) is 6.79 Å². The Hall–Kier alpha value is -3.86. The number of phenolic OH excluding ortho intramolecular Hbond substituents is 1. The predicted octanol–water partition coefficient (Wildman–Crippen LogP) is 3.65. The molecule has 0 radical (unpaired) electrons. The Kier molecular flexibility index (Phi) is 6.89. The first-order valence-corrected chi connectivity index (χ1v) is 10.9. The van der Waals surface area contributed by atoms with Crippen molar-refractivity contribution >= 4 is 46.7 Å². The van der Waals surface area contributed by atoms with Gasteiger partial charge in [-0.15, -0.1) is 0 Å². The SMILES string of the molecule is O=C(N/N=C/c1cc(I)ccc1O)C(=Cc1ccc2c(c1)OCO2)NC(=O)c1ccccc1. The molecule has 9 heteroatoms. The number of hydrogen-bond donors (Lipinski definition) is 3. The van der Waals surface area contributed by atoms with Crippen molar-refractivity contribution < 1.29 is 24.2 Å². The second kappa shape index (κ2) is 10.2. The van der Waals surface area contributed by atoms with Crippen LogP contribution in [0.2, 0.25) is 0 Å². The molecule has 3 aromatic carbocycles. The third-order valence-electron chi connectivity index (χ3n) is 4.60. The van der Waals surface area contributed by atoms with Crippen LogP contribution in [0.5, 0.6) is 17.2 Å². The highest BCUT2D eigenvalue weighted by Gasteiger charge is 2.17. The molecule has 0 saturated heterocycles. The summed E-state index contributed by atoms with van der Waals surface area (Å²) in [6.07, 6.45) is 2.84. The number of hydrazone groups is 1. The Morgan fingerprint density at radius 2 is 1.79 bits per heavy atom. The van der Waals surface area contributed by atoms with Crippen LogP contribution in [0.25, 0.3) is 6.08 Å². The first-order chi connectivity index (χ1) is 16.0. The van der Waals surface area contributed by atoms with E-state index >= 15 is 0 Å². The van der Waals surface area contributed by atoms with E-state index in [0.717, 1.165) is 3.57 Å². The first kappa shape index (κ1) is 22.3. The van der Waals surface area contributed by atoms with Gasteiger partial charge in [-0.05, 0) is 76.7 Å². The fourth-order valence-electron chi connectivity index (χ4n) is 2.96. The molecule has 0 aliphatic carbocycles. The molecule has 0 spiro atoms. The highest BCUT2D eigenvalue weighted by molar-refractivity contribution is 14.1. The molecule has 0 aromatic heterocycles. The molecule has 1 aliphatic heterocycles. The molecule has 0 saturated carbocycles. The van der Waals surface area contributed by atoms with Crippen LogP contribution >= 0.6 is 22.6 Å². The van der Waals surface area contributed by atoms with Crippen LogP contribution in [-0.4, -0.2) is 29.9 Å². The van der Waals surface area contributed by atoms with E-state index in [1.165, 1.54) is 18.4 Å². The van der Waals surface area contributed by atoms with Gasteiger partial charge >= 0.3 is 0 Å². The third kappa shape index (κ3) is 5.69. The third-order valence-corrected chi connectivity index (χ3v) is 5.27. The van der Waals surface area contributed by atoms with Crippen molar-refractivity contribution in [1.29, 1.82) is 0 Å². The summed E-state index contributed by atoms with van der Waals surface area (Å²) in [7, 11) is 0. The summed E-state index contributed by atoms with van der Waals surface area (Å²) in [5.41, 5.74) is 3.82. The Morgan fingerprint density at radius 1 is 1.00 bits per heavy atom. The maximum atomic E-state index is 12.9. The molecule has 0 atom stereocenters. The summed E-state index contributed by atoms with van der Waals surface area (Å²) in [6.45, 7) is 0.126. The van der Waals surface area contributed by atoms with Crippen molar-refractivity contribution in [3.05, 3.63) is 92.7 Å². The molecule has 3 N–H and O–H groups in total. The van der Waals surface area contributed by atoms with Crippen LogP contribution in [0.3, 0.4) is 0 Å². The van der Waals surface area contributed by atoms with Crippen molar-refractivity contribution in [1.82, 2.24) is 10.7 Å². The summed E-state index contributed by atoms with van der Waals surface area (Å²) >= 11 is 2.11. The van der Waals surface area contributed by atoms with E-state index in [9.17, 15) is 14.7 Å². The smallest absolute Gasteiger partial charge is 0.287 e. The lowest BCUT2D eigenvalue weighted by Gasteiger charge is -2.09. The van der Waals surface area contributed by atoms with Gasteiger partial charge in [0.1, 0.15) is 11.4 Å². The van der Waals surface area contributed by atoms with Gasteiger partial charge in [-0.2, -0.15) is 5.10 Å². The summed E-state index contributed by atoms with van der Waals surface area (Å²) < 4.78 is 11.6. The molecule has 0 fully saturated rings. The van der Waals surface area contributed by atoms with Gasteiger partial charge in [0.25, 0.3) is 11.8 Å². The molecular weight excluding hydrogens is 537 g/mol. The Labute approximate surface area is 203 Å². The zero-order valence-electron chi connectivity index (χ0n) is 17.1. The predicted molar refractivity (Wildman–Crippen MR) is 131 cm³/mol. The number of nitrogens with one attached hydrogen (secondary N) is 2. The fourth-order valence-corrected chi connectivity index (χ4v) is 3.48. The molecule has 1 aliphatic rings. The molecule has 33 heavy (non-hydrogen) atoms. The Morgan fingerprint density at radius 3 is 2.61 bits per heavy atom. The lowest BCUT2D eigenvalue weighted by molar-refractivity contribution is -0.117. The van der Waals surface area contributed by atoms with Gasteiger partial charge in [-0.1, -0.05) is 24.3 Å². The Balaban J connectivity index is 1.57. The summed E-state index contributed by atoms with van der Waals surface area (Å²) in [4.78, 5) is 25.5. The molecule has 0 bridgehead atoms. The van der Waals surface area contributed by atoms with Crippen molar-refractivity contribution in [2.24, 2.45) is 5.10 Å². The quantitative estimate of drug-likeness (QED) is 0.186. The molecular formula is C24H18IN3O5. The molecule has 3 aromatic rings. The molecule has 4 rings (SSSR count). The average Bonchev–Trinajstić information content (AvgIpc) is 3.29. The lowest BCUT2D eigenvalue weighted by atomic mass is 10.1. The van der Waals surface area contributed by atoms with Crippen molar-refractivity contribution in [3.8, 4) is 17.2 Å². The van der Waals surface area contributed by atoms with Crippen molar-refractivity contribution in [2.45, 2.75) is 0 Å². The van der Waals surface area contributed by atoms with Crippen LogP contribution in [0.15, 0.2) is 77.5 Å². The van der Waals surface area contributed by atoms with Gasteiger partial charge in [0.15, 0.2) is 11.5 Å². The van der Waals surface area contributed by atoms with E-state index < -0.39 is 11.8 Å². The van der Waals surface area contributed by atoms with E-state index in [0.29, 0.717) is 28.2 Å². The number of nitrogens with zero attached hydrogens (tertiary/aromatic N) is 1. The summed E-state index contributed by atoms with van der Waals surface area (Å²) in [6, 6.07) is 18.7. The summed E-state index contributed by atoms with van der Waals surface area (Å²) in [5.74, 6) is 0.0932. The van der Waals surface area contributed by atoms with Crippen LogP contribution < -0.4 is 20.2 Å². The van der Waals surface area contributed by atoms with Crippen LogP contribution in [-0.2, 0) is 4.79 Å². The molecule has 166 valence electrons. The van der Waals surface area contributed by atoms with Crippen LogP contribution in [0.1, 0.15) is 21.5 Å².